The van der Waals surface area contributed by atoms with Gasteiger partial charge in [-0.3, -0.25) is 9.89 Å². The van der Waals surface area contributed by atoms with E-state index in [2.05, 4.69) is 15.1 Å². The molecular formula is C22H36FIN4O2S. The Hall–Kier alpha value is -0.940. The molecule has 0 bridgehead atoms. The first-order valence-electron chi connectivity index (χ1n) is 10.9. The van der Waals surface area contributed by atoms with E-state index in [4.69, 9.17) is 4.99 Å². The maximum absolute atomic E-state index is 13.9. The molecule has 0 unspecified atom stereocenters. The molecule has 2 aliphatic heterocycles. The molecule has 2 saturated heterocycles. The van der Waals surface area contributed by atoms with Gasteiger partial charge in [-0.15, -0.1) is 24.0 Å². The molecule has 0 aliphatic carbocycles. The van der Waals surface area contributed by atoms with E-state index in [9.17, 15) is 12.8 Å². The average Bonchev–Trinajstić information content (AvgIpc) is 2.70. The van der Waals surface area contributed by atoms with E-state index in [0.717, 1.165) is 50.5 Å². The minimum atomic E-state index is -3.07. The number of guanidine groups is 1. The van der Waals surface area contributed by atoms with Gasteiger partial charge in [-0.2, -0.15) is 0 Å². The van der Waals surface area contributed by atoms with Gasteiger partial charge in [-0.1, -0.05) is 18.2 Å². The van der Waals surface area contributed by atoms with Crippen molar-refractivity contribution in [1.82, 2.24) is 15.1 Å². The molecule has 9 heteroatoms. The van der Waals surface area contributed by atoms with Crippen molar-refractivity contribution in [2.75, 3.05) is 45.0 Å². The maximum atomic E-state index is 13.9. The highest BCUT2D eigenvalue weighted by Crippen LogP contribution is 2.24. The van der Waals surface area contributed by atoms with Crippen molar-refractivity contribution in [3.8, 4) is 0 Å². The number of nitrogens with one attached hydrogen (secondary N) is 1. The minimum absolute atomic E-state index is 0. The molecule has 1 N–H and O–H groups in total. The van der Waals surface area contributed by atoms with Crippen LogP contribution >= 0.6 is 24.0 Å². The third-order valence-electron chi connectivity index (χ3n) is 6.24. The zero-order valence-electron chi connectivity index (χ0n) is 18.8. The summed E-state index contributed by atoms with van der Waals surface area (Å²) in [6.07, 6.45) is 2.08. The van der Waals surface area contributed by atoms with Crippen molar-refractivity contribution in [3.63, 3.8) is 0 Å². The van der Waals surface area contributed by atoms with E-state index in [1.165, 1.54) is 6.07 Å². The van der Waals surface area contributed by atoms with Gasteiger partial charge in [0.25, 0.3) is 0 Å². The first-order valence-corrected chi connectivity index (χ1v) is 12.6. The summed E-state index contributed by atoms with van der Waals surface area (Å²) in [6, 6.07) is 6.99. The van der Waals surface area contributed by atoms with Crippen molar-refractivity contribution in [2.45, 2.75) is 44.9 Å². The molecule has 1 aromatic rings. The second-order valence-electron chi connectivity index (χ2n) is 9.01. The second-order valence-corrected chi connectivity index (χ2v) is 11.7. The lowest BCUT2D eigenvalue weighted by Gasteiger charge is -2.39. The first-order chi connectivity index (χ1) is 14.2. The number of piperidine rings is 1. The third-order valence-corrected chi connectivity index (χ3v) is 8.77. The summed E-state index contributed by atoms with van der Waals surface area (Å²) in [7, 11) is -3.07. The standard InChI is InChI=1S/C22H35FN4O2S.HI/c1-4-24-21(27-13-14-30(28,29)22(2,3)17-27)25-15-18-9-11-26(12-10-18)16-19-7-5-6-8-20(19)23;/h5-8,18H,4,9-17H2,1-3H3,(H,24,25);1H. The fraction of sp³-hybridized carbons (Fsp3) is 0.682. The fourth-order valence-corrected chi connectivity index (χ4v) is 5.53. The summed E-state index contributed by atoms with van der Waals surface area (Å²) in [5.74, 6) is 1.34. The van der Waals surface area contributed by atoms with Gasteiger partial charge in [-0.25, -0.2) is 12.8 Å². The van der Waals surface area contributed by atoms with Crippen LogP contribution in [-0.4, -0.2) is 73.9 Å². The van der Waals surface area contributed by atoms with E-state index in [1.807, 2.05) is 19.1 Å². The number of sulfone groups is 1. The van der Waals surface area contributed by atoms with E-state index in [0.29, 0.717) is 25.6 Å². The lowest BCUT2D eigenvalue weighted by molar-refractivity contribution is 0.178. The van der Waals surface area contributed by atoms with Crippen LogP contribution in [0.3, 0.4) is 0 Å². The van der Waals surface area contributed by atoms with Gasteiger partial charge in [0, 0.05) is 38.3 Å². The largest absolute Gasteiger partial charge is 0.357 e. The SMILES string of the molecule is CCNC(=NCC1CCN(Cc2ccccc2F)CC1)N1CCS(=O)(=O)C(C)(C)C1.I. The van der Waals surface area contributed by atoms with Crippen molar-refractivity contribution >= 4 is 39.8 Å². The Balaban J connectivity index is 0.00000341. The van der Waals surface area contributed by atoms with Gasteiger partial charge in [0.05, 0.1) is 10.5 Å². The summed E-state index contributed by atoms with van der Waals surface area (Å²) < 4.78 is 37.7. The molecule has 0 amide bonds. The monoisotopic (exact) mass is 566 g/mol. The fourth-order valence-electron chi connectivity index (χ4n) is 4.16. The zero-order valence-corrected chi connectivity index (χ0v) is 22.0. The number of halogens is 2. The number of hydrogen-bond donors (Lipinski definition) is 1. The number of likely N-dealkylation sites (tertiary alicyclic amines) is 1. The summed E-state index contributed by atoms with van der Waals surface area (Å²) in [5, 5.41) is 3.33. The highest BCUT2D eigenvalue weighted by molar-refractivity contribution is 14.0. The van der Waals surface area contributed by atoms with Crippen LogP contribution in [0, 0.1) is 11.7 Å². The van der Waals surface area contributed by atoms with Crippen LogP contribution in [0.5, 0.6) is 0 Å². The Morgan fingerprint density at radius 2 is 1.90 bits per heavy atom. The summed E-state index contributed by atoms with van der Waals surface area (Å²) in [5.41, 5.74) is 0.756. The van der Waals surface area contributed by atoms with Crippen molar-refractivity contribution in [3.05, 3.63) is 35.6 Å². The van der Waals surface area contributed by atoms with Crippen LogP contribution in [-0.2, 0) is 16.4 Å². The number of benzene rings is 1. The number of rotatable bonds is 5. The maximum Gasteiger partial charge on any atom is 0.194 e. The second kappa shape index (κ2) is 11.3. The molecule has 31 heavy (non-hydrogen) atoms. The lowest BCUT2D eigenvalue weighted by atomic mass is 9.96. The van der Waals surface area contributed by atoms with Crippen molar-refractivity contribution in [1.29, 1.82) is 0 Å². The predicted octanol–water partition coefficient (Wildman–Crippen LogP) is 3.13. The Labute approximate surface area is 203 Å². The molecule has 176 valence electrons. The summed E-state index contributed by atoms with van der Waals surface area (Å²) in [4.78, 5) is 9.24. The van der Waals surface area contributed by atoms with Crippen molar-refractivity contribution in [2.24, 2.45) is 10.9 Å². The minimum Gasteiger partial charge on any atom is -0.357 e. The van der Waals surface area contributed by atoms with Crippen LogP contribution in [0.2, 0.25) is 0 Å². The van der Waals surface area contributed by atoms with Crippen LogP contribution in [0.15, 0.2) is 29.3 Å². The van der Waals surface area contributed by atoms with Gasteiger partial charge in [0.2, 0.25) is 0 Å². The van der Waals surface area contributed by atoms with E-state index < -0.39 is 14.6 Å². The molecule has 1 aromatic carbocycles. The molecule has 2 aliphatic rings. The molecule has 6 nitrogen and oxygen atoms in total. The molecule has 2 fully saturated rings. The first kappa shape index (κ1) is 26.3. The van der Waals surface area contributed by atoms with Crippen molar-refractivity contribution < 1.29 is 12.8 Å². The number of aliphatic imine (C=N–C) groups is 1. The lowest BCUT2D eigenvalue weighted by Crippen LogP contribution is -2.57. The summed E-state index contributed by atoms with van der Waals surface area (Å²) in [6.45, 7) is 10.6. The number of nitrogens with zero attached hydrogens (tertiary/aromatic N) is 3. The highest BCUT2D eigenvalue weighted by atomic mass is 127. The van der Waals surface area contributed by atoms with E-state index in [-0.39, 0.29) is 35.5 Å². The van der Waals surface area contributed by atoms with Crippen LogP contribution in [0.25, 0.3) is 0 Å². The van der Waals surface area contributed by atoms with Gasteiger partial charge in [-0.05, 0) is 58.7 Å². The smallest absolute Gasteiger partial charge is 0.194 e. The topological polar surface area (TPSA) is 65.0 Å². The Morgan fingerprint density at radius 3 is 2.52 bits per heavy atom. The Kier molecular flexibility index (Phi) is 9.57. The molecular weight excluding hydrogens is 530 g/mol. The highest BCUT2D eigenvalue weighted by Gasteiger charge is 2.41. The number of hydrogen-bond acceptors (Lipinski definition) is 4. The molecule has 0 spiro atoms. The van der Waals surface area contributed by atoms with Crippen LogP contribution in [0.1, 0.15) is 39.2 Å². The Morgan fingerprint density at radius 1 is 1.23 bits per heavy atom. The van der Waals surface area contributed by atoms with Gasteiger partial charge >= 0.3 is 0 Å². The zero-order chi connectivity index (χ0) is 21.8. The molecule has 0 radical (unpaired) electrons. The van der Waals surface area contributed by atoms with Gasteiger partial charge in [0.1, 0.15) is 5.82 Å². The molecule has 0 saturated carbocycles. The Bertz CT molecular complexity index is 855. The average molecular weight is 567 g/mol. The quantitative estimate of drug-likeness (QED) is 0.337. The molecule has 3 rings (SSSR count). The van der Waals surface area contributed by atoms with Gasteiger partial charge in [0.15, 0.2) is 15.8 Å². The predicted molar refractivity (Wildman–Crippen MR) is 135 cm³/mol. The van der Waals surface area contributed by atoms with Crippen LogP contribution < -0.4 is 5.32 Å². The third kappa shape index (κ3) is 6.77. The van der Waals surface area contributed by atoms with Gasteiger partial charge < -0.3 is 10.2 Å². The molecule has 2 heterocycles. The molecule has 0 aromatic heterocycles. The van der Waals surface area contributed by atoms with E-state index in [1.54, 1.807) is 19.9 Å². The van der Waals surface area contributed by atoms with E-state index >= 15 is 0 Å². The van der Waals surface area contributed by atoms with Crippen LogP contribution in [0.4, 0.5) is 4.39 Å². The molecule has 0 atom stereocenters. The normalized spacial score (nSPS) is 22.1. The summed E-state index contributed by atoms with van der Waals surface area (Å²) >= 11 is 0.